The molecule has 8 nitrogen and oxygen atoms in total. The third-order valence-corrected chi connectivity index (χ3v) is 6.87. The zero-order valence-electron chi connectivity index (χ0n) is 21.3. The van der Waals surface area contributed by atoms with Gasteiger partial charge in [-0.25, -0.2) is 8.42 Å². The second kappa shape index (κ2) is 13.1. The number of carbonyl (C=O) groups is 2. The predicted molar refractivity (Wildman–Crippen MR) is 139 cm³/mol. The Bertz CT molecular complexity index is 1070. The van der Waals surface area contributed by atoms with E-state index in [0.717, 1.165) is 34.5 Å². The highest BCUT2D eigenvalue weighted by Crippen LogP contribution is 2.22. The third-order valence-electron chi connectivity index (χ3n) is 5.73. The predicted octanol–water partition coefficient (Wildman–Crippen LogP) is 3.49. The monoisotopic (exact) mass is 503 g/mol. The first-order valence-electron chi connectivity index (χ1n) is 11.8. The summed E-state index contributed by atoms with van der Waals surface area (Å²) < 4.78 is 31.5. The molecule has 0 saturated carbocycles. The Hall–Kier alpha value is -3.07. The lowest BCUT2D eigenvalue weighted by molar-refractivity contribution is -0.140. The molecular formula is C26H37N3O5S. The summed E-state index contributed by atoms with van der Waals surface area (Å²) in [5.41, 5.74) is 2.29. The van der Waals surface area contributed by atoms with Crippen LogP contribution in [0.4, 0.5) is 5.69 Å². The van der Waals surface area contributed by atoms with Gasteiger partial charge in [0.05, 0.1) is 19.1 Å². The highest BCUT2D eigenvalue weighted by atomic mass is 32.2. The molecule has 1 atom stereocenters. The third kappa shape index (κ3) is 8.28. The van der Waals surface area contributed by atoms with Gasteiger partial charge < -0.3 is 15.0 Å². The largest absolute Gasteiger partial charge is 0.497 e. The Morgan fingerprint density at radius 1 is 1.03 bits per heavy atom. The van der Waals surface area contributed by atoms with Crippen molar-refractivity contribution < 1.29 is 22.7 Å². The Kier molecular flexibility index (Phi) is 10.6. The first-order chi connectivity index (χ1) is 16.6. The van der Waals surface area contributed by atoms with Crippen molar-refractivity contribution in [3.8, 4) is 5.75 Å². The smallest absolute Gasteiger partial charge is 0.244 e. The van der Waals surface area contributed by atoms with Crippen molar-refractivity contribution in [2.45, 2.75) is 52.6 Å². The van der Waals surface area contributed by atoms with Gasteiger partial charge in [0.25, 0.3) is 0 Å². The molecule has 0 aromatic heterocycles. The summed E-state index contributed by atoms with van der Waals surface area (Å²) in [6, 6.07) is 13.4. The van der Waals surface area contributed by atoms with E-state index in [-0.39, 0.29) is 12.5 Å². The van der Waals surface area contributed by atoms with Gasteiger partial charge in [0.1, 0.15) is 18.3 Å². The standard InChI is InChI=1S/C26H37N3O5S/c1-6-8-17-27-26(31)24(7-2)28(18-21-11-9-20(3)10-12-21)25(30)19-29(35(5,32)33)22-13-15-23(34-4)16-14-22/h9-16,24H,6-8,17-19H2,1-5H3,(H,27,31)/t24-/m1/s1. The lowest BCUT2D eigenvalue weighted by atomic mass is 10.1. The number of hydrogen-bond acceptors (Lipinski definition) is 5. The molecule has 2 aromatic rings. The Morgan fingerprint density at radius 3 is 2.17 bits per heavy atom. The van der Waals surface area contributed by atoms with Crippen molar-refractivity contribution in [2.75, 3.05) is 30.8 Å². The molecule has 0 unspecified atom stereocenters. The number of ether oxygens (including phenoxy) is 1. The zero-order valence-corrected chi connectivity index (χ0v) is 22.1. The molecular weight excluding hydrogens is 466 g/mol. The van der Waals surface area contributed by atoms with E-state index in [1.165, 1.54) is 12.0 Å². The van der Waals surface area contributed by atoms with Crippen LogP contribution in [0, 0.1) is 6.92 Å². The van der Waals surface area contributed by atoms with Crippen molar-refractivity contribution in [1.29, 1.82) is 0 Å². The van der Waals surface area contributed by atoms with E-state index in [9.17, 15) is 18.0 Å². The summed E-state index contributed by atoms with van der Waals surface area (Å²) in [5.74, 6) is -0.120. The Balaban J connectivity index is 2.38. The van der Waals surface area contributed by atoms with Crippen LogP contribution >= 0.6 is 0 Å². The average molecular weight is 504 g/mol. The minimum Gasteiger partial charge on any atom is -0.497 e. The van der Waals surface area contributed by atoms with Crippen LogP contribution in [0.3, 0.4) is 0 Å². The van der Waals surface area contributed by atoms with Crippen molar-refractivity contribution in [3.05, 3.63) is 59.7 Å². The number of aryl methyl sites for hydroxylation is 1. The molecule has 0 bridgehead atoms. The molecule has 192 valence electrons. The van der Waals surface area contributed by atoms with Crippen molar-refractivity contribution in [2.24, 2.45) is 0 Å². The second-order valence-electron chi connectivity index (χ2n) is 8.54. The fourth-order valence-electron chi connectivity index (χ4n) is 3.68. The molecule has 2 aromatic carbocycles. The van der Waals surface area contributed by atoms with Gasteiger partial charge in [-0.1, -0.05) is 50.1 Å². The maximum absolute atomic E-state index is 13.6. The fraction of sp³-hybridized carbons (Fsp3) is 0.462. The quantitative estimate of drug-likeness (QED) is 0.422. The molecule has 0 spiro atoms. The number of anilines is 1. The number of nitrogens with one attached hydrogen (secondary N) is 1. The average Bonchev–Trinajstić information content (AvgIpc) is 2.83. The van der Waals surface area contributed by atoms with Crippen LogP contribution in [0.2, 0.25) is 0 Å². The van der Waals surface area contributed by atoms with Crippen LogP contribution in [-0.4, -0.2) is 57.6 Å². The molecule has 2 rings (SSSR count). The summed E-state index contributed by atoms with van der Waals surface area (Å²) in [6.07, 6.45) is 3.24. The van der Waals surface area contributed by atoms with E-state index in [2.05, 4.69) is 5.32 Å². The molecule has 0 aliphatic rings. The van der Waals surface area contributed by atoms with E-state index in [4.69, 9.17) is 4.74 Å². The fourth-order valence-corrected chi connectivity index (χ4v) is 4.53. The normalized spacial score (nSPS) is 12.0. The number of unbranched alkanes of at least 4 members (excludes halogenated alkanes) is 1. The summed E-state index contributed by atoms with van der Waals surface area (Å²) in [4.78, 5) is 28.1. The zero-order chi connectivity index (χ0) is 26.0. The Labute approximate surface area is 209 Å². The van der Waals surface area contributed by atoms with E-state index < -0.39 is 28.5 Å². The number of sulfonamides is 1. The van der Waals surface area contributed by atoms with Gasteiger partial charge in [-0.15, -0.1) is 0 Å². The summed E-state index contributed by atoms with van der Waals surface area (Å²) in [6.45, 7) is 6.16. The van der Waals surface area contributed by atoms with Gasteiger partial charge in [-0.2, -0.15) is 0 Å². The summed E-state index contributed by atoms with van der Waals surface area (Å²) in [5, 5.41) is 2.91. The van der Waals surface area contributed by atoms with Crippen LogP contribution in [0.15, 0.2) is 48.5 Å². The molecule has 0 heterocycles. The molecule has 2 amide bonds. The minimum absolute atomic E-state index is 0.193. The highest BCUT2D eigenvalue weighted by Gasteiger charge is 2.31. The van der Waals surface area contributed by atoms with E-state index in [0.29, 0.717) is 24.4 Å². The molecule has 0 aliphatic heterocycles. The van der Waals surface area contributed by atoms with Gasteiger partial charge in [0.15, 0.2) is 0 Å². The SMILES string of the molecule is CCCCNC(=O)[C@@H](CC)N(Cc1ccc(C)cc1)C(=O)CN(c1ccc(OC)cc1)S(C)(=O)=O. The van der Waals surface area contributed by atoms with Crippen molar-refractivity contribution in [3.63, 3.8) is 0 Å². The Morgan fingerprint density at radius 2 is 1.66 bits per heavy atom. The molecule has 0 saturated heterocycles. The minimum atomic E-state index is -3.77. The van der Waals surface area contributed by atoms with Gasteiger partial charge in [0.2, 0.25) is 21.8 Å². The van der Waals surface area contributed by atoms with Gasteiger partial charge in [-0.3, -0.25) is 13.9 Å². The number of carbonyl (C=O) groups excluding carboxylic acids is 2. The lowest BCUT2D eigenvalue weighted by Crippen LogP contribution is -2.52. The first kappa shape index (κ1) is 28.2. The van der Waals surface area contributed by atoms with Gasteiger partial charge in [0, 0.05) is 13.1 Å². The molecule has 1 N–H and O–H groups in total. The van der Waals surface area contributed by atoms with Crippen LogP contribution in [0.25, 0.3) is 0 Å². The van der Waals surface area contributed by atoms with Crippen LogP contribution in [0.5, 0.6) is 5.75 Å². The van der Waals surface area contributed by atoms with Crippen LogP contribution < -0.4 is 14.4 Å². The van der Waals surface area contributed by atoms with Crippen LogP contribution in [0.1, 0.15) is 44.2 Å². The molecule has 35 heavy (non-hydrogen) atoms. The number of benzene rings is 2. The van der Waals surface area contributed by atoms with E-state index in [1.54, 1.807) is 24.3 Å². The van der Waals surface area contributed by atoms with E-state index in [1.807, 2.05) is 45.0 Å². The maximum atomic E-state index is 13.6. The second-order valence-corrected chi connectivity index (χ2v) is 10.5. The molecule has 0 fully saturated rings. The number of methoxy groups -OCH3 is 1. The topological polar surface area (TPSA) is 96.0 Å². The number of amides is 2. The summed E-state index contributed by atoms with van der Waals surface area (Å²) >= 11 is 0. The number of hydrogen-bond donors (Lipinski definition) is 1. The highest BCUT2D eigenvalue weighted by molar-refractivity contribution is 7.92. The lowest BCUT2D eigenvalue weighted by Gasteiger charge is -2.33. The number of nitrogens with zero attached hydrogens (tertiary/aromatic N) is 2. The van der Waals surface area contributed by atoms with Gasteiger partial charge in [-0.05, 0) is 49.6 Å². The van der Waals surface area contributed by atoms with Crippen LogP contribution in [-0.2, 0) is 26.2 Å². The summed E-state index contributed by atoms with van der Waals surface area (Å²) in [7, 11) is -2.25. The maximum Gasteiger partial charge on any atom is 0.244 e. The van der Waals surface area contributed by atoms with Crippen molar-refractivity contribution in [1.82, 2.24) is 10.2 Å². The molecule has 0 aliphatic carbocycles. The first-order valence-corrected chi connectivity index (χ1v) is 13.7. The molecule has 9 heteroatoms. The molecule has 0 radical (unpaired) electrons. The van der Waals surface area contributed by atoms with Gasteiger partial charge >= 0.3 is 0 Å². The number of rotatable bonds is 13. The van der Waals surface area contributed by atoms with E-state index >= 15 is 0 Å². The van der Waals surface area contributed by atoms with Crippen molar-refractivity contribution >= 4 is 27.5 Å².